The first-order valence-corrected chi connectivity index (χ1v) is 11.9. The number of aryl methyl sites for hydroxylation is 2. The Labute approximate surface area is 173 Å². The lowest BCUT2D eigenvalue weighted by molar-refractivity contribution is 0.272. The average molecular weight is 377 g/mol. The van der Waals surface area contributed by atoms with Gasteiger partial charge in [0.15, 0.2) is 0 Å². The Hall–Kier alpha value is -1.56. The molecule has 1 fully saturated rings. The van der Waals surface area contributed by atoms with E-state index < -0.39 is 0 Å². The predicted octanol–water partition coefficient (Wildman–Crippen LogP) is 7.96. The van der Waals surface area contributed by atoms with Crippen LogP contribution < -0.4 is 0 Å². The Balaban J connectivity index is 1.40. The van der Waals surface area contributed by atoms with Gasteiger partial charge in [-0.05, 0) is 91.9 Å². The van der Waals surface area contributed by atoms with E-state index in [1.165, 1.54) is 88.2 Å². The van der Waals surface area contributed by atoms with Crippen LogP contribution in [0, 0.1) is 11.8 Å². The van der Waals surface area contributed by atoms with Gasteiger partial charge in [0, 0.05) is 0 Å². The van der Waals surface area contributed by atoms with Crippen molar-refractivity contribution in [2.45, 2.75) is 90.9 Å². The minimum Gasteiger partial charge on any atom is -0.0654 e. The topological polar surface area (TPSA) is 0 Å². The molecule has 0 atom stereocenters. The molecule has 28 heavy (non-hydrogen) atoms. The quantitative estimate of drug-likeness (QED) is 0.369. The molecule has 0 heterocycles. The number of hydrogen-bond acceptors (Lipinski definition) is 0. The Morgan fingerprint density at radius 2 is 0.964 bits per heavy atom. The van der Waals surface area contributed by atoms with Gasteiger partial charge in [-0.25, -0.2) is 0 Å². The zero-order valence-electron chi connectivity index (χ0n) is 18.3. The molecule has 0 radical (unpaired) electrons. The summed E-state index contributed by atoms with van der Waals surface area (Å²) < 4.78 is 0. The van der Waals surface area contributed by atoms with Crippen molar-refractivity contribution in [1.82, 2.24) is 0 Å². The summed E-state index contributed by atoms with van der Waals surface area (Å²) in [7, 11) is 0. The summed E-state index contributed by atoms with van der Waals surface area (Å²) in [6, 6.07) is 19.0. The van der Waals surface area contributed by atoms with E-state index in [0.29, 0.717) is 0 Å². The molecule has 0 amide bonds. The molecule has 0 heteroatoms. The van der Waals surface area contributed by atoms with Gasteiger partial charge in [0.25, 0.3) is 0 Å². The maximum Gasteiger partial charge on any atom is -0.0250 e. The Morgan fingerprint density at radius 1 is 0.536 bits per heavy atom. The van der Waals surface area contributed by atoms with Crippen molar-refractivity contribution < 1.29 is 0 Å². The molecule has 2 aromatic carbocycles. The molecule has 0 N–H and O–H groups in total. The zero-order valence-corrected chi connectivity index (χ0v) is 18.3. The lowest BCUT2D eigenvalue weighted by Gasteiger charge is -2.28. The molecule has 1 aliphatic rings. The second-order valence-electron chi connectivity index (χ2n) is 9.14. The average Bonchev–Trinajstić information content (AvgIpc) is 2.73. The molecule has 152 valence electrons. The first-order chi connectivity index (χ1) is 13.8. The Kier molecular flexibility index (Phi) is 8.65. The van der Waals surface area contributed by atoms with E-state index in [4.69, 9.17) is 0 Å². The second kappa shape index (κ2) is 11.4. The normalized spacial score (nSPS) is 19.6. The molecule has 2 aromatic rings. The molecule has 0 nitrogen and oxygen atoms in total. The van der Waals surface area contributed by atoms with Crippen LogP contribution in [0.5, 0.6) is 0 Å². The van der Waals surface area contributed by atoms with Crippen molar-refractivity contribution in [3.8, 4) is 0 Å². The van der Waals surface area contributed by atoms with Gasteiger partial charge in [-0.1, -0.05) is 81.6 Å². The van der Waals surface area contributed by atoms with Gasteiger partial charge in [0.2, 0.25) is 0 Å². The van der Waals surface area contributed by atoms with E-state index in [0.717, 1.165) is 11.8 Å². The molecule has 1 saturated carbocycles. The third kappa shape index (κ3) is 6.80. The van der Waals surface area contributed by atoms with Crippen LogP contribution in [0.15, 0.2) is 48.5 Å². The van der Waals surface area contributed by atoms with E-state index >= 15 is 0 Å². The number of hydrogen-bond donors (Lipinski definition) is 0. The van der Waals surface area contributed by atoms with Gasteiger partial charge >= 0.3 is 0 Å². The molecule has 0 aromatic heterocycles. The van der Waals surface area contributed by atoms with E-state index in [-0.39, 0.29) is 0 Å². The van der Waals surface area contributed by atoms with Gasteiger partial charge in [-0.2, -0.15) is 0 Å². The summed E-state index contributed by atoms with van der Waals surface area (Å²) in [4.78, 5) is 0. The van der Waals surface area contributed by atoms with Gasteiger partial charge in [0.1, 0.15) is 0 Å². The molecule has 0 spiro atoms. The first kappa shape index (κ1) is 21.2. The van der Waals surface area contributed by atoms with Crippen molar-refractivity contribution >= 4 is 0 Å². The fourth-order valence-corrected chi connectivity index (χ4v) is 4.86. The summed E-state index contributed by atoms with van der Waals surface area (Å²) in [5.74, 6) is 1.79. The Bertz CT molecular complexity index is 656. The van der Waals surface area contributed by atoms with Gasteiger partial charge in [-0.15, -0.1) is 0 Å². The van der Waals surface area contributed by atoms with E-state index in [2.05, 4.69) is 62.4 Å². The largest absolute Gasteiger partial charge is 0.0654 e. The van der Waals surface area contributed by atoms with Crippen molar-refractivity contribution in [2.75, 3.05) is 0 Å². The van der Waals surface area contributed by atoms with Gasteiger partial charge in [-0.3, -0.25) is 0 Å². The van der Waals surface area contributed by atoms with E-state index in [9.17, 15) is 0 Å². The van der Waals surface area contributed by atoms with E-state index in [1.54, 1.807) is 11.1 Å². The molecule has 3 rings (SSSR count). The highest BCUT2D eigenvalue weighted by atomic mass is 14.3. The standard InChI is InChI=1S/C28H40/c1-3-5-6-8-24-11-15-26(16-12-24)22-28-19-17-27(18-20-28)21-25-13-9-23(7-4-2)10-14-25/h9-16,27-28H,3-8,17-22H2,1-2H3. The highest BCUT2D eigenvalue weighted by Crippen LogP contribution is 2.33. The lowest BCUT2D eigenvalue weighted by atomic mass is 9.77. The molecular formula is C28H40. The first-order valence-electron chi connectivity index (χ1n) is 11.9. The van der Waals surface area contributed by atoms with Crippen LogP contribution in [0.25, 0.3) is 0 Å². The summed E-state index contributed by atoms with van der Waals surface area (Å²) in [6.45, 7) is 4.54. The molecule has 0 aliphatic heterocycles. The summed E-state index contributed by atoms with van der Waals surface area (Å²) in [5.41, 5.74) is 6.10. The van der Waals surface area contributed by atoms with Crippen LogP contribution in [-0.2, 0) is 25.7 Å². The molecule has 0 unspecified atom stereocenters. The lowest BCUT2D eigenvalue weighted by Crippen LogP contribution is -2.18. The van der Waals surface area contributed by atoms with Crippen molar-refractivity contribution in [2.24, 2.45) is 11.8 Å². The van der Waals surface area contributed by atoms with Crippen LogP contribution >= 0.6 is 0 Å². The van der Waals surface area contributed by atoms with Crippen molar-refractivity contribution in [1.29, 1.82) is 0 Å². The number of benzene rings is 2. The smallest absolute Gasteiger partial charge is 0.0250 e. The van der Waals surface area contributed by atoms with Crippen molar-refractivity contribution in [3.63, 3.8) is 0 Å². The minimum atomic E-state index is 0.897. The number of rotatable bonds is 10. The monoisotopic (exact) mass is 376 g/mol. The molecule has 0 saturated heterocycles. The predicted molar refractivity (Wildman–Crippen MR) is 123 cm³/mol. The molecule has 0 bridgehead atoms. The zero-order chi connectivity index (χ0) is 19.6. The third-order valence-electron chi connectivity index (χ3n) is 6.67. The molecule has 1 aliphatic carbocycles. The highest BCUT2D eigenvalue weighted by molar-refractivity contribution is 5.24. The van der Waals surface area contributed by atoms with Gasteiger partial charge in [0.05, 0.1) is 0 Å². The maximum absolute atomic E-state index is 2.39. The second-order valence-corrected chi connectivity index (χ2v) is 9.14. The summed E-state index contributed by atoms with van der Waals surface area (Å²) >= 11 is 0. The minimum absolute atomic E-state index is 0.897. The van der Waals surface area contributed by atoms with Gasteiger partial charge < -0.3 is 0 Å². The fraction of sp³-hybridized carbons (Fsp3) is 0.571. The molecular weight excluding hydrogens is 336 g/mol. The van der Waals surface area contributed by atoms with Crippen molar-refractivity contribution in [3.05, 3.63) is 70.8 Å². The van der Waals surface area contributed by atoms with Crippen LogP contribution in [-0.4, -0.2) is 0 Å². The van der Waals surface area contributed by atoms with Crippen LogP contribution in [0.3, 0.4) is 0 Å². The van der Waals surface area contributed by atoms with Crippen LogP contribution in [0.2, 0.25) is 0 Å². The Morgan fingerprint density at radius 3 is 1.39 bits per heavy atom. The number of unbranched alkanes of at least 4 members (excludes halogenated alkanes) is 2. The summed E-state index contributed by atoms with van der Waals surface area (Å²) in [6.07, 6.45) is 15.9. The third-order valence-corrected chi connectivity index (χ3v) is 6.67. The SMILES string of the molecule is CCCCCc1ccc(CC2CCC(Cc3ccc(CCC)cc3)CC2)cc1. The van der Waals surface area contributed by atoms with E-state index in [1.807, 2.05) is 0 Å². The van der Waals surface area contributed by atoms with Crippen LogP contribution in [0.1, 0.15) is 87.5 Å². The maximum atomic E-state index is 2.39. The highest BCUT2D eigenvalue weighted by Gasteiger charge is 2.21. The summed E-state index contributed by atoms with van der Waals surface area (Å²) in [5, 5.41) is 0. The van der Waals surface area contributed by atoms with Crippen LogP contribution in [0.4, 0.5) is 0 Å². The fourth-order valence-electron chi connectivity index (χ4n) is 4.86.